The Kier molecular flexibility index (Phi) is 7.10. The molecule has 0 bridgehead atoms. The van der Waals surface area contributed by atoms with Crippen LogP contribution >= 0.6 is 11.6 Å². The number of hydrogen-bond acceptors (Lipinski definition) is 9. The summed E-state index contributed by atoms with van der Waals surface area (Å²) >= 11 is 5.91. The highest BCUT2D eigenvalue weighted by molar-refractivity contribution is 7.85. The highest BCUT2D eigenvalue weighted by Crippen LogP contribution is 2.34. The first kappa shape index (κ1) is 24.5. The number of nitrogens with one attached hydrogen (secondary N) is 1. The molecule has 1 aromatic carbocycles. The van der Waals surface area contributed by atoms with Crippen LogP contribution in [-0.2, 0) is 33.2 Å². The second-order valence-corrected chi connectivity index (χ2v) is 10.6. The van der Waals surface area contributed by atoms with Gasteiger partial charge < -0.3 is 15.0 Å². The Balaban J connectivity index is 1.36. The fourth-order valence-electron chi connectivity index (χ4n) is 4.41. The lowest BCUT2D eigenvalue weighted by atomic mass is 9.96. The molecule has 1 atom stereocenters. The molecule has 0 amide bonds. The first-order chi connectivity index (χ1) is 17.4. The van der Waals surface area contributed by atoms with Gasteiger partial charge in [-0.15, -0.1) is 0 Å². The number of methoxy groups -OCH3 is 1. The largest absolute Gasteiger partial charge is 0.469 e. The van der Waals surface area contributed by atoms with Crippen LogP contribution in [0, 0.1) is 5.82 Å². The second kappa shape index (κ2) is 10.4. The van der Waals surface area contributed by atoms with Crippen molar-refractivity contribution < 1.29 is 18.1 Å². The third kappa shape index (κ3) is 5.17. The van der Waals surface area contributed by atoms with E-state index in [9.17, 15) is 13.4 Å². The van der Waals surface area contributed by atoms with Crippen molar-refractivity contribution in [2.24, 2.45) is 0 Å². The molecule has 0 saturated carbocycles. The molecule has 12 heteroatoms. The SMILES string of the molecule is COC(=O)Cc1ccc(Nc2nc(N3CCC(c4ncc(Cl)cn4)CC3)nc3c2[S@](=O)CC3)cc1F. The Bertz CT molecular complexity index is 1320. The van der Waals surface area contributed by atoms with Crippen LogP contribution in [0.4, 0.5) is 21.8 Å². The number of benzene rings is 1. The van der Waals surface area contributed by atoms with Crippen LogP contribution in [0.15, 0.2) is 35.5 Å². The van der Waals surface area contributed by atoms with Crippen LogP contribution in [0.1, 0.15) is 35.8 Å². The number of aromatic nitrogens is 4. The molecule has 0 spiro atoms. The Labute approximate surface area is 214 Å². The van der Waals surface area contributed by atoms with E-state index in [4.69, 9.17) is 21.6 Å². The molecule has 0 radical (unpaired) electrons. The molecule has 5 rings (SSSR count). The van der Waals surface area contributed by atoms with Crippen molar-refractivity contribution in [1.82, 2.24) is 19.9 Å². The number of esters is 1. The van der Waals surface area contributed by atoms with Crippen molar-refractivity contribution in [3.63, 3.8) is 0 Å². The number of anilines is 3. The molecule has 188 valence electrons. The molecule has 1 saturated heterocycles. The topological polar surface area (TPSA) is 110 Å². The average Bonchev–Trinajstić information content (AvgIpc) is 3.27. The van der Waals surface area contributed by atoms with Crippen LogP contribution in [0.5, 0.6) is 0 Å². The lowest BCUT2D eigenvalue weighted by Gasteiger charge is -2.31. The number of fused-ring (bicyclic) bond motifs is 1. The maximum atomic E-state index is 14.6. The van der Waals surface area contributed by atoms with Gasteiger partial charge in [-0.25, -0.2) is 19.3 Å². The van der Waals surface area contributed by atoms with E-state index in [0.717, 1.165) is 37.4 Å². The molecule has 4 heterocycles. The maximum absolute atomic E-state index is 14.6. The highest BCUT2D eigenvalue weighted by atomic mass is 35.5. The Morgan fingerprint density at radius 1 is 1.25 bits per heavy atom. The Hall–Kier alpha value is -3.18. The minimum atomic E-state index is -1.24. The van der Waals surface area contributed by atoms with Gasteiger partial charge in [0, 0.05) is 49.3 Å². The monoisotopic (exact) mass is 530 g/mol. The normalized spacial score (nSPS) is 17.6. The van der Waals surface area contributed by atoms with Gasteiger partial charge in [0.15, 0.2) is 5.82 Å². The zero-order valence-electron chi connectivity index (χ0n) is 19.5. The smallest absolute Gasteiger partial charge is 0.310 e. The molecule has 0 aliphatic carbocycles. The minimum Gasteiger partial charge on any atom is -0.469 e. The van der Waals surface area contributed by atoms with Gasteiger partial charge in [-0.05, 0) is 30.5 Å². The number of carbonyl (C=O) groups excluding carboxylic acids is 1. The van der Waals surface area contributed by atoms with Gasteiger partial charge in [-0.3, -0.25) is 9.00 Å². The van der Waals surface area contributed by atoms with Crippen LogP contribution in [0.2, 0.25) is 5.02 Å². The van der Waals surface area contributed by atoms with Crippen molar-refractivity contribution in [3.8, 4) is 0 Å². The number of ether oxygens (including phenoxy) is 1. The van der Waals surface area contributed by atoms with Gasteiger partial charge in [0.05, 0.1) is 35.0 Å². The number of halogens is 2. The number of aryl methyl sites for hydroxylation is 1. The summed E-state index contributed by atoms with van der Waals surface area (Å²) in [6, 6.07) is 4.48. The molecule has 1 fully saturated rings. The zero-order valence-corrected chi connectivity index (χ0v) is 21.1. The number of carbonyl (C=O) groups is 1. The summed E-state index contributed by atoms with van der Waals surface area (Å²) in [5, 5.41) is 3.64. The van der Waals surface area contributed by atoms with E-state index in [2.05, 4.69) is 24.9 Å². The molecule has 2 aliphatic rings. The molecule has 0 unspecified atom stereocenters. The second-order valence-electron chi connectivity index (χ2n) is 8.65. The molecule has 2 aromatic heterocycles. The minimum absolute atomic E-state index is 0.156. The van der Waals surface area contributed by atoms with Gasteiger partial charge in [0.2, 0.25) is 5.95 Å². The summed E-state index contributed by atoms with van der Waals surface area (Å²) in [5.41, 5.74) is 1.42. The fourth-order valence-corrected chi connectivity index (χ4v) is 5.82. The summed E-state index contributed by atoms with van der Waals surface area (Å²) in [6.07, 6.45) is 5.34. The van der Waals surface area contributed by atoms with Gasteiger partial charge in [0.1, 0.15) is 16.5 Å². The summed E-state index contributed by atoms with van der Waals surface area (Å²) in [4.78, 5) is 32.3. The predicted octanol–water partition coefficient (Wildman–Crippen LogP) is 3.57. The van der Waals surface area contributed by atoms with E-state index in [1.807, 2.05) is 0 Å². The summed E-state index contributed by atoms with van der Waals surface area (Å²) < 4.78 is 31.9. The molecular weight excluding hydrogens is 507 g/mol. The summed E-state index contributed by atoms with van der Waals surface area (Å²) in [6.45, 7) is 1.43. The first-order valence-electron chi connectivity index (χ1n) is 11.5. The van der Waals surface area contributed by atoms with Crippen LogP contribution < -0.4 is 10.2 Å². The summed E-state index contributed by atoms with van der Waals surface area (Å²) in [5.74, 6) is 1.39. The maximum Gasteiger partial charge on any atom is 0.310 e. The van der Waals surface area contributed by atoms with Crippen molar-refractivity contribution in [2.45, 2.75) is 36.5 Å². The van der Waals surface area contributed by atoms with Crippen molar-refractivity contribution in [3.05, 3.63) is 58.5 Å². The van der Waals surface area contributed by atoms with Gasteiger partial charge in [-0.1, -0.05) is 17.7 Å². The van der Waals surface area contributed by atoms with Crippen LogP contribution in [0.3, 0.4) is 0 Å². The van der Waals surface area contributed by atoms with Gasteiger partial charge in [-0.2, -0.15) is 4.98 Å². The van der Waals surface area contributed by atoms with Crippen molar-refractivity contribution in [2.75, 3.05) is 36.2 Å². The number of nitrogens with zero attached hydrogens (tertiary/aromatic N) is 5. The number of rotatable bonds is 6. The average molecular weight is 531 g/mol. The zero-order chi connectivity index (χ0) is 25.2. The van der Waals surface area contributed by atoms with Crippen LogP contribution in [-0.4, -0.2) is 56.1 Å². The van der Waals surface area contributed by atoms with E-state index < -0.39 is 22.6 Å². The number of hydrogen-bond donors (Lipinski definition) is 1. The first-order valence-corrected chi connectivity index (χ1v) is 13.2. The van der Waals surface area contributed by atoms with E-state index in [1.165, 1.54) is 19.2 Å². The van der Waals surface area contributed by atoms with Gasteiger partial charge >= 0.3 is 5.97 Å². The molecule has 3 aromatic rings. The lowest BCUT2D eigenvalue weighted by Crippen LogP contribution is -2.35. The van der Waals surface area contributed by atoms with E-state index in [0.29, 0.717) is 39.5 Å². The molecule has 9 nitrogen and oxygen atoms in total. The molecule has 2 aliphatic heterocycles. The Morgan fingerprint density at radius 2 is 2.00 bits per heavy atom. The van der Waals surface area contributed by atoms with Crippen molar-refractivity contribution in [1.29, 1.82) is 0 Å². The summed E-state index contributed by atoms with van der Waals surface area (Å²) in [7, 11) is 0.0255. The fraction of sp³-hybridized carbons (Fsp3) is 0.375. The lowest BCUT2D eigenvalue weighted by molar-refractivity contribution is -0.139. The standard InChI is InChI=1S/C24H24ClFN6O3S/c1-35-20(33)10-15-2-3-17(11-18(15)26)29-23-21-19(6-9-36(21)34)30-24(31-23)32-7-4-14(5-8-32)22-27-12-16(25)13-28-22/h2-3,11-14H,4-10H2,1H3,(H,29,30,31)/t36-/m1/s1. The predicted molar refractivity (Wildman–Crippen MR) is 134 cm³/mol. The van der Waals surface area contributed by atoms with Crippen molar-refractivity contribution >= 4 is 45.8 Å². The van der Waals surface area contributed by atoms with E-state index in [-0.39, 0.29) is 17.9 Å². The quantitative estimate of drug-likeness (QED) is 0.478. The third-order valence-electron chi connectivity index (χ3n) is 6.34. The third-order valence-corrected chi connectivity index (χ3v) is 7.99. The number of piperidine rings is 1. The van der Waals surface area contributed by atoms with E-state index >= 15 is 0 Å². The van der Waals surface area contributed by atoms with E-state index in [1.54, 1.807) is 18.5 Å². The molecular formula is C24H24ClFN6O3S. The molecule has 1 N–H and O–H groups in total. The highest BCUT2D eigenvalue weighted by Gasteiger charge is 2.29. The molecule has 36 heavy (non-hydrogen) atoms. The van der Waals surface area contributed by atoms with Crippen LogP contribution in [0.25, 0.3) is 0 Å². The Morgan fingerprint density at radius 3 is 2.69 bits per heavy atom. The van der Waals surface area contributed by atoms with Gasteiger partial charge in [0.25, 0.3) is 0 Å².